The van der Waals surface area contributed by atoms with Crippen molar-refractivity contribution in [1.82, 2.24) is 0 Å². The van der Waals surface area contributed by atoms with E-state index < -0.39 is 0 Å². The molecule has 1 aromatic carbocycles. The van der Waals surface area contributed by atoms with Crippen molar-refractivity contribution < 1.29 is 0 Å². The van der Waals surface area contributed by atoms with Crippen LogP contribution in [0.1, 0.15) is 43.6 Å². The lowest BCUT2D eigenvalue weighted by Crippen LogP contribution is -2.17. The molecule has 2 rings (SSSR count). The molecule has 0 radical (unpaired) electrons. The van der Waals surface area contributed by atoms with Crippen LogP contribution in [0.5, 0.6) is 0 Å². The maximum atomic E-state index is 8.90. The summed E-state index contributed by atoms with van der Waals surface area (Å²) in [6.45, 7) is 0. The van der Waals surface area contributed by atoms with Gasteiger partial charge in [-0.25, -0.2) is 0 Å². The molecule has 0 N–H and O–H groups in total. The van der Waals surface area contributed by atoms with Crippen LogP contribution >= 0.6 is 23.2 Å². The van der Waals surface area contributed by atoms with Crippen LogP contribution in [0, 0.1) is 17.2 Å². The van der Waals surface area contributed by atoms with Gasteiger partial charge in [0.15, 0.2) is 0 Å². The zero-order valence-corrected chi connectivity index (χ0v) is 11.1. The summed E-state index contributed by atoms with van der Waals surface area (Å²) < 4.78 is 0. The van der Waals surface area contributed by atoms with Crippen molar-refractivity contribution in [3.05, 3.63) is 33.8 Å². The van der Waals surface area contributed by atoms with E-state index in [1.165, 1.54) is 12.8 Å². The molecule has 1 nitrogen and oxygen atoms in total. The first-order chi connectivity index (χ1) is 8.22. The molecule has 1 aliphatic carbocycles. The number of benzene rings is 1. The van der Waals surface area contributed by atoms with E-state index in [9.17, 15) is 0 Å². The minimum absolute atomic E-state index is 0.398. The maximum absolute atomic E-state index is 8.90. The van der Waals surface area contributed by atoms with Crippen molar-refractivity contribution >= 4 is 23.2 Å². The van der Waals surface area contributed by atoms with Gasteiger partial charge < -0.3 is 0 Å². The fourth-order valence-corrected chi connectivity index (χ4v) is 3.22. The van der Waals surface area contributed by atoms with E-state index in [2.05, 4.69) is 6.07 Å². The van der Waals surface area contributed by atoms with Gasteiger partial charge in [-0.15, -0.1) is 0 Å². The molecular formula is C14H15Cl2N. The van der Waals surface area contributed by atoms with E-state index in [-0.39, 0.29) is 0 Å². The standard InChI is InChI=1S/C14H15Cl2N/c15-11-5-6-14(16)13(9-11)12-4-2-1-3-10(12)7-8-17/h5-6,9-10,12H,1-4,7H2. The summed E-state index contributed by atoms with van der Waals surface area (Å²) in [6, 6.07) is 7.93. The molecule has 90 valence electrons. The highest BCUT2D eigenvalue weighted by molar-refractivity contribution is 6.33. The first-order valence-corrected chi connectivity index (χ1v) is 6.80. The van der Waals surface area contributed by atoms with Crippen molar-refractivity contribution in [3.8, 4) is 6.07 Å². The second-order valence-corrected chi connectivity index (χ2v) is 5.52. The highest BCUT2D eigenvalue weighted by Crippen LogP contribution is 2.42. The van der Waals surface area contributed by atoms with Gasteiger partial charge in [-0.1, -0.05) is 36.0 Å². The molecule has 0 aromatic heterocycles. The smallest absolute Gasteiger partial charge is 0.0624 e. The molecule has 0 amide bonds. The molecule has 1 saturated carbocycles. The molecular weight excluding hydrogens is 253 g/mol. The average molecular weight is 268 g/mol. The Kier molecular flexibility index (Phi) is 4.31. The molecule has 3 heteroatoms. The summed E-state index contributed by atoms with van der Waals surface area (Å²) in [4.78, 5) is 0. The molecule has 0 bridgehead atoms. The molecule has 2 atom stereocenters. The largest absolute Gasteiger partial charge is 0.198 e. The predicted octanol–water partition coefficient (Wildman–Crippen LogP) is 5.18. The first kappa shape index (κ1) is 12.7. The van der Waals surface area contributed by atoms with Gasteiger partial charge >= 0.3 is 0 Å². The van der Waals surface area contributed by atoms with Crippen molar-refractivity contribution in [2.24, 2.45) is 5.92 Å². The third-order valence-electron chi connectivity index (χ3n) is 3.62. The molecule has 1 fully saturated rings. The Morgan fingerprint density at radius 1 is 1.24 bits per heavy atom. The molecule has 2 unspecified atom stereocenters. The van der Waals surface area contributed by atoms with E-state index in [4.69, 9.17) is 28.5 Å². The Hall–Kier alpha value is -0.710. The van der Waals surface area contributed by atoms with Gasteiger partial charge in [-0.2, -0.15) is 5.26 Å². The summed E-state index contributed by atoms with van der Waals surface area (Å²) in [5.74, 6) is 0.833. The second-order valence-electron chi connectivity index (χ2n) is 4.68. The Morgan fingerprint density at radius 3 is 2.76 bits per heavy atom. The minimum atomic E-state index is 0.398. The van der Waals surface area contributed by atoms with Gasteiger partial charge in [0.05, 0.1) is 6.07 Å². The van der Waals surface area contributed by atoms with Gasteiger partial charge in [0.25, 0.3) is 0 Å². The fourth-order valence-electron chi connectivity index (χ4n) is 2.78. The number of rotatable bonds is 2. The lowest BCUT2D eigenvalue weighted by atomic mass is 9.74. The first-order valence-electron chi connectivity index (χ1n) is 6.04. The molecule has 1 aromatic rings. The Labute approximate surface area is 112 Å². The third kappa shape index (κ3) is 2.94. The normalized spacial score (nSPS) is 24.3. The molecule has 0 spiro atoms. The van der Waals surface area contributed by atoms with Crippen LogP contribution in [0.3, 0.4) is 0 Å². The summed E-state index contributed by atoms with van der Waals surface area (Å²) in [5.41, 5.74) is 1.12. The van der Waals surface area contributed by atoms with Crippen LogP contribution in [0.15, 0.2) is 18.2 Å². The van der Waals surface area contributed by atoms with Gasteiger partial charge in [0, 0.05) is 16.5 Å². The lowest BCUT2D eigenvalue weighted by molar-refractivity contribution is 0.312. The number of halogens is 2. The zero-order chi connectivity index (χ0) is 12.3. The Balaban J connectivity index is 2.29. The van der Waals surface area contributed by atoms with Gasteiger partial charge in [0.2, 0.25) is 0 Å². The van der Waals surface area contributed by atoms with Crippen LogP contribution < -0.4 is 0 Å². The van der Waals surface area contributed by atoms with Crippen molar-refractivity contribution in [2.45, 2.75) is 38.0 Å². The van der Waals surface area contributed by atoms with Crippen molar-refractivity contribution in [3.63, 3.8) is 0 Å². The topological polar surface area (TPSA) is 23.8 Å². The molecule has 0 aliphatic heterocycles. The number of nitriles is 1. The lowest BCUT2D eigenvalue weighted by Gasteiger charge is -2.31. The zero-order valence-electron chi connectivity index (χ0n) is 9.63. The quantitative estimate of drug-likeness (QED) is 0.724. The van der Waals surface area contributed by atoms with E-state index in [1.54, 1.807) is 0 Å². The fraction of sp³-hybridized carbons (Fsp3) is 0.500. The number of hydrogen-bond donors (Lipinski definition) is 0. The van der Waals surface area contributed by atoms with Crippen LogP contribution in [0.2, 0.25) is 10.0 Å². The molecule has 0 heterocycles. The van der Waals surface area contributed by atoms with Crippen LogP contribution in [0.4, 0.5) is 0 Å². The van der Waals surface area contributed by atoms with Crippen molar-refractivity contribution in [2.75, 3.05) is 0 Å². The van der Waals surface area contributed by atoms with Crippen LogP contribution in [-0.2, 0) is 0 Å². The van der Waals surface area contributed by atoms with Gasteiger partial charge in [-0.3, -0.25) is 0 Å². The summed E-state index contributed by atoms with van der Waals surface area (Å²) in [6.07, 6.45) is 5.30. The SMILES string of the molecule is N#CCC1CCCCC1c1cc(Cl)ccc1Cl. The van der Waals surface area contributed by atoms with Crippen LogP contribution in [0.25, 0.3) is 0 Å². The highest BCUT2D eigenvalue weighted by Gasteiger charge is 2.27. The number of nitrogens with zero attached hydrogens (tertiary/aromatic N) is 1. The summed E-state index contributed by atoms with van der Waals surface area (Å²) in [7, 11) is 0. The van der Waals surface area contributed by atoms with Crippen molar-refractivity contribution in [1.29, 1.82) is 5.26 Å². The summed E-state index contributed by atoms with van der Waals surface area (Å²) >= 11 is 12.3. The van der Waals surface area contributed by atoms with Gasteiger partial charge in [0.1, 0.15) is 0 Å². The second kappa shape index (κ2) is 5.76. The third-order valence-corrected chi connectivity index (χ3v) is 4.20. The predicted molar refractivity (Wildman–Crippen MR) is 71.4 cm³/mol. The highest BCUT2D eigenvalue weighted by atomic mass is 35.5. The Bertz CT molecular complexity index is 436. The molecule has 0 saturated heterocycles. The van der Waals surface area contributed by atoms with E-state index >= 15 is 0 Å². The van der Waals surface area contributed by atoms with E-state index in [1.807, 2.05) is 18.2 Å². The molecule has 1 aliphatic rings. The average Bonchev–Trinajstić information content (AvgIpc) is 2.34. The monoisotopic (exact) mass is 267 g/mol. The van der Waals surface area contributed by atoms with Crippen LogP contribution in [-0.4, -0.2) is 0 Å². The minimum Gasteiger partial charge on any atom is -0.198 e. The van der Waals surface area contributed by atoms with E-state index in [0.29, 0.717) is 18.3 Å². The Morgan fingerprint density at radius 2 is 2.00 bits per heavy atom. The number of hydrogen-bond acceptors (Lipinski definition) is 1. The van der Waals surface area contributed by atoms with Gasteiger partial charge in [-0.05, 0) is 48.4 Å². The summed E-state index contributed by atoms with van der Waals surface area (Å²) in [5, 5.41) is 10.4. The van der Waals surface area contributed by atoms with E-state index in [0.717, 1.165) is 28.5 Å². The maximum Gasteiger partial charge on any atom is 0.0624 e. The molecule has 17 heavy (non-hydrogen) atoms.